The van der Waals surface area contributed by atoms with Crippen LogP contribution in [0.2, 0.25) is 0 Å². The van der Waals surface area contributed by atoms with Gasteiger partial charge in [-0.3, -0.25) is 4.79 Å². The highest BCUT2D eigenvalue weighted by Gasteiger charge is 2.63. The molecule has 164 valence electrons. The fraction of sp³-hybridized carbons (Fsp3) is 0.591. The maximum Gasteiger partial charge on any atom is 0.508 e. The molecule has 1 N–H and O–H groups in total. The number of rotatable bonds is 9. The van der Waals surface area contributed by atoms with Crippen LogP contribution in [0.15, 0.2) is 36.6 Å². The quantitative estimate of drug-likeness (QED) is 0.348. The molecule has 30 heavy (non-hydrogen) atoms. The predicted octanol–water partition coefficient (Wildman–Crippen LogP) is 2.34. The Labute approximate surface area is 176 Å². The zero-order chi connectivity index (χ0) is 21.8. The fourth-order valence-corrected chi connectivity index (χ4v) is 5.02. The third-order valence-corrected chi connectivity index (χ3v) is 6.13. The Balaban J connectivity index is 1.85. The minimum absolute atomic E-state index is 0.00652. The molecule has 1 saturated heterocycles. The van der Waals surface area contributed by atoms with Gasteiger partial charge in [-0.1, -0.05) is 31.7 Å². The number of fused-ring (bicyclic) bond motifs is 3. The third-order valence-electron chi connectivity index (χ3n) is 6.13. The molecule has 1 unspecified atom stereocenters. The number of aliphatic hydroxyl groups excluding tert-OH is 1. The number of hydrogen-bond acceptors (Lipinski definition) is 7. The van der Waals surface area contributed by atoms with E-state index in [2.05, 4.69) is 13.2 Å². The van der Waals surface area contributed by atoms with Crippen molar-refractivity contribution in [1.29, 1.82) is 0 Å². The van der Waals surface area contributed by atoms with Gasteiger partial charge < -0.3 is 24.2 Å². The van der Waals surface area contributed by atoms with E-state index < -0.39 is 24.1 Å². The Morgan fingerprint density at radius 2 is 1.93 bits per heavy atom. The van der Waals surface area contributed by atoms with Crippen molar-refractivity contribution in [3.8, 4) is 0 Å². The first-order chi connectivity index (χ1) is 14.5. The van der Waals surface area contributed by atoms with Crippen LogP contribution < -0.4 is 0 Å². The van der Waals surface area contributed by atoms with Crippen molar-refractivity contribution in [3.05, 3.63) is 36.6 Å². The molecule has 1 amide bonds. The Morgan fingerprint density at radius 3 is 2.60 bits per heavy atom. The molecule has 2 aliphatic heterocycles. The number of carbonyl (C=O) groups excluding carboxylic acids is 3. The van der Waals surface area contributed by atoms with Crippen LogP contribution in [0.1, 0.15) is 32.6 Å². The van der Waals surface area contributed by atoms with Crippen molar-refractivity contribution in [2.75, 3.05) is 19.8 Å². The molecule has 0 spiro atoms. The van der Waals surface area contributed by atoms with Crippen LogP contribution in [0.4, 0.5) is 4.79 Å². The van der Waals surface area contributed by atoms with Gasteiger partial charge in [0.2, 0.25) is 5.91 Å². The van der Waals surface area contributed by atoms with Gasteiger partial charge in [0.1, 0.15) is 25.0 Å². The number of esters is 1. The molecule has 8 heteroatoms. The smallest absolute Gasteiger partial charge is 0.457 e. The summed E-state index contributed by atoms with van der Waals surface area (Å²) in [5, 5.41) is 9.50. The lowest BCUT2D eigenvalue weighted by molar-refractivity contribution is -0.165. The van der Waals surface area contributed by atoms with Crippen molar-refractivity contribution in [1.82, 2.24) is 4.90 Å². The molecule has 0 aromatic heterocycles. The zero-order valence-electron chi connectivity index (χ0n) is 17.2. The summed E-state index contributed by atoms with van der Waals surface area (Å²) >= 11 is 0. The van der Waals surface area contributed by atoms with Crippen molar-refractivity contribution < 1.29 is 33.7 Å². The summed E-state index contributed by atoms with van der Waals surface area (Å²) in [5.74, 6) is -1.36. The lowest BCUT2D eigenvalue weighted by Crippen LogP contribution is -2.64. The summed E-state index contributed by atoms with van der Waals surface area (Å²) in [6, 6.07) is -0.262. The summed E-state index contributed by atoms with van der Waals surface area (Å²) in [4.78, 5) is 39.2. The zero-order valence-corrected chi connectivity index (χ0v) is 17.2. The highest BCUT2D eigenvalue weighted by atomic mass is 16.7. The summed E-state index contributed by atoms with van der Waals surface area (Å²) < 4.78 is 15.4. The van der Waals surface area contributed by atoms with Crippen LogP contribution in [0.5, 0.6) is 0 Å². The van der Waals surface area contributed by atoms with Gasteiger partial charge in [-0.2, -0.15) is 0 Å². The SMILES string of the molecule is C=CCOC(=O)O[C@H](C)[C@H]1C(=O)N2C(C(=O)OCC=C)=C3C(CCO)CCC[C@@H]3[C@H]12. The van der Waals surface area contributed by atoms with Gasteiger partial charge in [0.25, 0.3) is 0 Å². The molecule has 0 bridgehead atoms. The second-order valence-corrected chi connectivity index (χ2v) is 7.83. The minimum atomic E-state index is -0.854. The largest absolute Gasteiger partial charge is 0.508 e. The first kappa shape index (κ1) is 22.1. The normalized spacial score (nSPS) is 28.1. The van der Waals surface area contributed by atoms with Crippen molar-refractivity contribution in [2.24, 2.45) is 17.8 Å². The number of ether oxygens (including phenoxy) is 3. The van der Waals surface area contributed by atoms with Crippen LogP contribution >= 0.6 is 0 Å². The Bertz CT molecular complexity index is 757. The Kier molecular flexibility index (Phi) is 6.97. The number of amides is 1. The average molecular weight is 419 g/mol. The van der Waals surface area contributed by atoms with E-state index in [1.165, 1.54) is 17.1 Å². The Hall–Kier alpha value is -2.61. The highest BCUT2D eigenvalue weighted by Crippen LogP contribution is 2.54. The molecular weight excluding hydrogens is 390 g/mol. The van der Waals surface area contributed by atoms with E-state index in [1.807, 2.05) is 0 Å². The van der Waals surface area contributed by atoms with E-state index in [0.29, 0.717) is 12.1 Å². The van der Waals surface area contributed by atoms with Gasteiger partial charge in [-0.25, -0.2) is 9.59 Å². The van der Waals surface area contributed by atoms with E-state index in [-0.39, 0.29) is 43.6 Å². The van der Waals surface area contributed by atoms with E-state index in [9.17, 15) is 19.5 Å². The summed E-state index contributed by atoms with van der Waals surface area (Å²) in [7, 11) is 0. The Morgan fingerprint density at radius 1 is 1.23 bits per heavy atom. The van der Waals surface area contributed by atoms with Gasteiger partial charge in [0.15, 0.2) is 0 Å². The van der Waals surface area contributed by atoms with Gasteiger partial charge >= 0.3 is 12.1 Å². The molecule has 0 aromatic carbocycles. The molecule has 0 radical (unpaired) electrons. The number of β-lactam (4-membered cyclic amide) rings is 1. The van der Waals surface area contributed by atoms with E-state index in [0.717, 1.165) is 24.8 Å². The van der Waals surface area contributed by atoms with Crippen LogP contribution in [0.3, 0.4) is 0 Å². The molecular formula is C22H29NO7. The molecule has 3 rings (SSSR count). The maximum atomic E-state index is 13.0. The van der Waals surface area contributed by atoms with Gasteiger partial charge in [0.05, 0.1) is 12.0 Å². The van der Waals surface area contributed by atoms with E-state index in [4.69, 9.17) is 14.2 Å². The summed E-state index contributed by atoms with van der Waals surface area (Å²) in [6.07, 6.45) is 4.51. The predicted molar refractivity (Wildman–Crippen MR) is 107 cm³/mol. The summed E-state index contributed by atoms with van der Waals surface area (Å²) in [6.45, 7) is 8.78. The molecule has 2 fully saturated rings. The number of hydrogen-bond donors (Lipinski definition) is 1. The van der Waals surface area contributed by atoms with Crippen molar-refractivity contribution >= 4 is 18.0 Å². The monoisotopic (exact) mass is 419 g/mol. The first-order valence-corrected chi connectivity index (χ1v) is 10.4. The topological polar surface area (TPSA) is 102 Å². The molecule has 3 aliphatic rings. The molecule has 1 aliphatic carbocycles. The second kappa shape index (κ2) is 9.47. The van der Waals surface area contributed by atoms with E-state index >= 15 is 0 Å². The maximum absolute atomic E-state index is 13.0. The first-order valence-electron chi connectivity index (χ1n) is 10.4. The van der Waals surface area contributed by atoms with Crippen LogP contribution in [0.25, 0.3) is 0 Å². The van der Waals surface area contributed by atoms with Gasteiger partial charge in [0, 0.05) is 12.5 Å². The molecule has 8 nitrogen and oxygen atoms in total. The number of aliphatic hydroxyl groups is 1. The van der Waals surface area contributed by atoms with E-state index in [1.54, 1.807) is 6.92 Å². The van der Waals surface area contributed by atoms with Crippen molar-refractivity contribution in [3.63, 3.8) is 0 Å². The van der Waals surface area contributed by atoms with Crippen LogP contribution in [0, 0.1) is 17.8 Å². The average Bonchev–Trinajstić information content (AvgIpc) is 3.02. The van der Waals surface area contributed by atoms with Gasteiger partial charge in [-0.05, 0) is 37.7 Å². The molecule has 0 aromatic rings. The van der Waals surface area contributed by atoms with Crippen LogP contribution in [-0.4, -0.2) is 60.0 Å². The molecule has 2 heterocycles. The van der Waals surface area contributed by atoms with Gasteiger partial charge in [-0.15, -0.1) is 0 Å². The van der Waals surface area contributed by atoms with Crippen molar-refractivity contribution in [2.45, 2.75) is 44.8 Å². The highest BCUT2D eigenvalue weighted by molar-refractivity contribution is 6.01. The number of carbonyl (C=O) groups is 3. The molecule has 5 atom stereocenters. The lowest BCUT2D eigenvalue weighted by atomic mass is 9.69. The minimum Gasteiger partial charge on any atom is -0.457 e. The summed E-state index contributed by atoms with van der Waals surface area (Å²) in [5.41, 5.74) is 1.19. The fourth-order valence-electron chi connectivity index (χ4n) is 5.02. The van der Waals surface area contributed by atoms with Crippen LogP contribution in [-0.2, 0) is 23.8 Å². The third kappa shape index (κ3) is 3.88. The second-order valence-electron chi connectivity index (χ2n) is 7.83. The standard InChI is InChI=1S/C22H29NO7/c1-4-11-28-21(26)19-17-14(9-10-24)7-6-8-15(17)18-16(20(25)23(18)19)13(3)30-22(27)29-12-5-2/h4-5,13-16,18,24H,1-2,6-12H2,3H3/t13-,14?,15+,16-,18-/m1/s1. The number of nitrogens with zero attached hydrogens (tertiary/aromatic N) is 1. The lowest BCUT2D eigenvalue weighted by Gasteiger charge is -2.48. The molecule has 1 saturated carbocycles.